The van der Waals surface area contributed by atoms with Gasteiger partial charge in [0.1, 0.15) is 5.75 Å². The van der Waals surface area contributed by atoms with Gasteiger partial charge in [-0.1, -0.05) is 24.3 Å². The molecular weight excluding hydrogens is 274 g/mol. The van der Waals surface area contributed by atoms with Crippen LogP contribution in [-0.2, 0) is 24.1 Å². The third kappa shape index (κ3) is 2.17. The van der Waals surface area contributed by atoms with Crippen LogP contribution in [0.2, 0.25) is 0 Å². The summed E-state index contributed by atoms with van der Waals surface area (Å²) in [5, 5.41) is 13.0. The molecule has 0 saturated heterocycles. The highest BCUT2D eigenvalue weighted by Gasteiger charge is 2.33. The molecule has 2 aliphatic rings. The molecule has 3 heteroatoms. The predicted octanol–water partition coefficient (Wildman–Crippen LogP) is 3.55. The first kappa shape index (κ1) is 13.4. The predicted molar refractivity (Wildman–Crippen MR) is 86.3 cm³/mol. The maximum Gasteiger partial charge on any atom is 0.232 e. The van der Waals surface area contributed by atoms with E-state index in [1.807, 2.05) is 6.07 Å². The molecule has 1 atom stereocenters. The highest BCUT2D eigenvalue weighted by molar-refractivity contribution is 6.04. The first-order chi connectivity index (χ1) is 10.7. The molecule has 2 N–H and O–H groups in total. The van der Waals surface area contributed by atoms with Crippen molar-refractivity contribution >= 4 is 11.6 Å². The van der Waals surface area contributed by atoms with E-state index in [1.165, 1.54) is 36.0 Å². The summed E-state index contributed by atoms with van der Waals surface area (Å²) in [5.41, 5.74) is 5.55. The Labute approximate surface area is 130 Å². The molecule has 0 bridgehead atoms. The molecular formula is C19H19NO2. The Balaban J connectivity index is 1.66. The summed E-state index contributed by atoms with van der Waals surface area (Å²) in [6.45, 7) is 0. The van der Waals surface area contributed by atoms with E-state index in [-0.39, 0.29) is 17.6 Å². The van der Waals surface area contributed by atoms with E-state index in [1.54, 1.807) is 12.1 Å². The second kappa shape index (κ2) is 5.16. The van der Waals surface area contributed by atoms with Crippen LogP contribution in [-0.4, -0.2) is 11.0 Å². The van der Waals surface area contributed by atoms with E-state index in [0.717, 1.165) is 17.7 Å². The van der Waals surface area contributed by atoms with Crippen molar-refractivity contribution in [2.75, 3.05) is 5.32 Å². The summed E-state index contributed by atoms with van der Waals surface area (Å²) < 4.78 is 0. The standard InChI is InChI=1S/C19H19NO2/c21-17-7-3-6-16-18(17)15(19(22)20-16)11-12-8-9-13-4-1-2-5-14(13)10-12/h3,6-10,15,21H,1-2,4-5,11H2,(H,20,22). The lowest BCUT2D eigenvalue weighted by Gasteiger charge is -2.17. The van der Waals surface area contributed by atoms with Gasteiger partial charge in [-0.15, -0.1) is 0 Å². The molecule has 3 nitrogen and oxygen atoms in total. The molecule has 1 amide bonds. The monoisotopic (exact) mass is 293 g/mol. The molecule has 0 fully saturated rings. The molecule has 2 aromatic rings. The SMILES string of the molecule is O=C1Nc2cccc(O)c2C1Cc1ccc2c(c1)CCCC2. The number of anilines is 1. The molecule has 1 aliphatic carbocycles. The van der Waals surface area contributed by atoms with E-state index in [0.29, 0.717) is 6.42 Å². The van der Waals surface area contributed by atoms with Gasteiger partial charge in [-0.25, -0.2) is 0 Å². The number of hydrogen-bond acceptors (Lipinski definition) is 2. The van der Waals surface area contributed by atoms with Gasteiger partial charge in [0, 0.05) is 11.3 Å². The summed E-state index contributed by atoms with van der Waals surface area (Å²) in [5.74, 6) is -0.106. The van der Waals surface area contributed by atoms with Crippen molar-refractivity contribution in [3.63, 3.8) is 0 Å². The largest absolute Gasteiger partial charge is 0.508 e. The Kier molecular flexibility index (Phi) is 3.14. The van der Waals surface area contributed by atoms with Crippen molar-refractivity contribution in [3.8, 4) is 5.75 Å². The van der Waals surface area contributed by atoms with E-state index in [9.17, 15) is 9.90 Å². The number of rotatable bonds is 2. The first-order valence-corrected chi connectivity index (χ1v) is 7.96. The van der Waals surface area contributed by atoms with E-state index in [4.69, 9.17) is 0 Å². The summed E-state index contributed by atoms with van der Waals surface area (Å²) in [6.07, 6.45) is 5.48. The Morgan fingerprint density at radius 2 is 1.91 bits per heavy atom. The number of benzene rings is 2. The lowest BCUT2D eigenvalue weighted by Crippen LogP contribution is -2.15. The summed E-state index contributed by atoms with van der Waals surface area (Å²) in [4.78, 5) is 12.3. The Hall–Kier alpha value is -2.29. The maximum atomic E-state index is 12.3. The van der Waals surface area contributed by atoms with E-state index in [2.05, 4.69) is 23.5 Å². The number of aromatic hydroxyl groups is 1. The molecule has 1 unspecified atom stereocenters. The zero-order valence-electron chi connectivity index (χ0n) is 12.4. The van der Waals surface area contributed by atoms with Crippen LogP contribution in [0.4, 0.5) is 5.69 Å². The average molecular weight is 293 g/mol. The fourth-order valence-corrected chi connectivity index (χ4v) is 3.72. The zero-order chi connectivity index (χ0) is 15.1. The molecule has 0 aromatic heterocycles. The highest BCUT2D eigenvalue weighted by Crippen LogP contribution is 2.40. The Bertz CT molecular complexity index is 751. The van der Waals surface area contributed by atoms with Crippen LogP contribution >= 0.6 is 0 Å². The number of amides is 1. The minimum Gasteiger partial charge on any atom is -0.508 e. The van der Waals surface area contributed by atoms with Crippen LogP contribution in [0.1, 0.15) is 41.0 Å². The summed E-state index contributed by atoms with van der Waals surface area (Å²) in [7, 11) is 0. The number of carbonyl (C=O) groups is 1. The van der Waals surface area contributed by atoms with Gasteiger partial charge in [-0.05, 0) is 60.9 Å². The molecule has 22 heavy (non-hydrogen) atoms. The number of nitrogens with one attached hydrogen (secondary N) is 1. The minimum atomic E-state index is -0.294. The molecule has 1 heterocycles. The maximum absolute atomic E-state index is 12.3. The number of carbonyl (C=O) groups excluding carboxylic acids is 1. The molecule has 1 aliphatic heterocycles. The van der Waals surface area contributed by atoms with Crippen LogP contribution < -0.4 is 5.32 Å². The number of fused-ring (bicyclic) bond motifs is 2. The normalized spacial score (nSPS) is 19.5. The molecule has 0 radical (unpaired) electrons. The number of aryl methyl sites for hydroxylation is 2. The summed E-state index contributed by atoms with van der Waals surface area (Å²) >= 11 is 0. The number of phenolic OH excluding ortho intramolecular Hbond substituents is 1. The van der Waals surface area contributed by atoms with Crippen LogP contribution in [0.5, 0.6) is 5.75 Å². The second-order valence-electron chi connectivity index (χ2n) is 6.29. The van der Waals surface area contributed by atoms with Crippen LogP contribution in [0.15, 0.2) is 36.4 Å². The lowest BCUT2D eigenvalue weighted by molar-refractivity contribution is -0.117. The minimum absolute atomic E-state index is 0.0192. The van der Waals surface area contributed by atoms with Crippen molar-refractivity contribution in [3.05, 3.63) is 58.7 Å². The number of phenols is 1. The Morgan fingerprint density at radius 3 is 2.77 bits per heavy atom. The lowest BCUT2D eigenvalue weighted by atomic mass is 9.87. The van der Waals surface area contributed by atoms with Crippen LogP contribution in [0.25, 0.3) is 0 Å². The van der Waals surface area contributed by atoms with Gasteiger partial charge in [-0.2, -0.15) is 0 Å². The van der Waals surface area contributed by atoms with Gasteiger partial charge < -0.3 is 10.4 Å². The number of hydrogen-bond donors (Lipinski definition) is 2. The topological polar surface area (TPSA) is 49.3 Å². The first-order valence-electron chi connectivity index (χ1n) is 7.96. The molecule has 4 rings (SSSR count). The zero-order valence-corrected chi connectivity index (χ0v) is 12.4. The van der Waals surface area contributed by atoms with Gasteiger partial charge in [0.05, 0.1) is 5.92 Å². The van der Waals surface area contributed by atoms with Crippen LogP contribution in [0.3, 0.4) is 0 Å². The van der Waals surface area contributed by atoms with Crippen molar-refractivity contribution in [2.24, 2.45) is 0 Å². The van der Waals surface area contributed by atoms with Crippen molar-refractivity contribution in [1.82, 2.24) is 0 Å². The third-order valence-corrected chi connectivity index (χ3v) is 4.86. The smallest absolute Gasteiger partial charge is 0.232 e. The fraction of sp³-hybridized carbons (Fsp3) is 0.316. The van der Waals surface area contributed by atoms with Crippen molar-refractivity contribution < 1.29 is 9.90 Å². The van der Waals surface area contributed by atoms with Gasteiger partial charge in [0.25, 0.3) is 0 Å². The quantitative estimate of drug-likeness (QED) is 0.889. The molecule has 2 aromatic carbocycles. The molecule has 0 saturated carbocycles. The van der Waals surface area contributed by atoms with Gasteiger partial charge in [0.2, 0.25) is 5.91 Å². The van der Waals surface area contributed by atoms with Crippen molar-refractivity contribution in [2.45, 2.75) is 38.0 Å². The van der Waals surface area contributed by atoms with Gasteiger partial charge >= 0.3 is 0 Å². The van der Waals surface area contributed by atoms with E-state index < -0.39 is 0 Å². The average Bonchev–Trinajstić information content (AvgIpc) is 2.84. The van der Waals surface area contributed by atoms with Gasteiger partial charge in [0.15, 0.2) is 0 Å². The Morgan fingerprint density at radius 1 is 1.09 bits per heavy atom. The summed E-state index contributed by atoms with van der Waals surface area (Å²) in [6, 6.07) is 11.9. The van der Waals surface area contributed by atoms with Gasteiger partial charge in [-0.3, -0.25) is 4.79 Å². The van der Waals surface area contributed by atoms with Crippen molar-refractivity contribution in [1.29, 1.82) is 0 Å². The highest BCUT2D eigenvalue weighted by atomic mass is 16.3. The molecule has 0 spiro atoms. The van der Waals surface area contributed by atoms with Crippen LogP contribution in [0, 0.1) is 0 Å². The second-order valence-corrected chi connectivity index (χ2v) is 6.29. The fourth-order valence-electron chi connectivity index (χ4n) is 3.72. The van der Waals surface area contributed by atoms with E-state index >= 15 is 0 Å². The third-order valence-electron chi connectivity index (χ3n) is 4.86. The molecule has 112 valence electrons.